The van der Waals surface area contributed by atoms with Gasteiger partial charge in [-0.05, 0) is 67.7 Å². The second kappa shape index (κ2) is 10.5. The molecule has 7 nitrogen and oxygen atoms in total. The number of esters is 1. The van der Waals surface area contributed by atoms with Crippen LogP contribution in [0.25, 0.3) is 11.1 Å². The van der Waals surface area contributed by atoms with E-state index in [4.69, 9.17) is 14.7 Å². The molecule has 1 aliphatic heterocycles. The highest BCUT2D eigenvalue weighted by Crippen LogP contribution is 2.41. The van der Waals surface area contributed by atoms with E-state index in [0.29, 0.717) is 17.8 Å². The van der Waals surface area contributed by atoms with Crippen molar-refractivity contribution in [3.05, 3.63) is 76.7 Å². The third-order valence-corrected chi connectivity index (χ3v) is 6.91. The molecule has 0 bridgehead atoms. The highest BCUT2D eigenvalue weighted by molar-refractivity contribution is 5.92. The number of piperidine rings is 1. The topological polar surface area (TPSA) is 87.6 Å². The molecule has 182 valence electrons. The van der Waals surface area contributed by atoms with E-state index in [1.165, 1.54) is 39.5 Å². The number of hydrogen-bond donors (Lipinski definition) is 2. The molecule has 1 fully saturated rings. The van der Waals surface area contributed by atoms with Crippen molar-refractivity contribution in [1.82, 2.24) is 14.9 Å². The molecule has 1 aliphatic carbocycles. The molecule has 5 rings (SSSR count). The van der Waals surface area contributed by atoms with Crippen LogP contribution in [0, 0.1) is 0 Å². The van der Waals surface area contributed by atoms with Gasteiger partial charge in [-0.25, -0.2) is 14.8 Å². The smallest absolute Gasteiger partial charge is 0.337 e. The number of carbonyl (C=O) groups is 1. The molecule has 0 spiro atoms. The van der Waals surface area contributed by atoms with Crippen molar-refractivity contribution in [2.24, 2.45) is 0 Å². The van der Waals surface area contributed by atoms with Crippen LogP contribution in [-0.2, 0) is 11.2 Å². The van der Waals surface area contributed by atoms with Gasteiger partial charge in [0, 0.05) is 18.5 Å². The minimum Gasteiger partial charge on any atom is -0.465 e. The molecule has 0 saturated carbocycles. The Morgan fingerprint density at radius 1 is 1.11 bits per heavy atom. The van der Waals surface area contributed by atoms with E-state index in [-0.39, 0.29) is 5.97 Å². The number of benzene rings is 2. The lowest BCUT2D eigenvalue weighted by Gasteiger charge is -2.26. The zero-order chi connectivity index (χ0) is 24.2. The van der Waals surface area contributed by atoms with Crippen molar-refractivity contribution in [3.63, 3.8) is 0 Å². The van der Waals surface area contributed by atoms with Crippen molar-refractivity contribution in [3.8, 4) is 11.1 Å². The van der Waals surface area contributed by atoms with Crippen molar-refractivity contribution >= 4 is 11.8 Å². The zero-order valence-electron chi connectivity index (χ0n) is 20.2. The largest absolute Gasteiger partial charge is 0.465 e. The van der Waals surface area contributed by atoms with Crippen LogP contribution in [0.5, 0.6) is 0 Å². The highest BCUT2D eigenvalue weighted by atomic mass is 16.5. The molecule has 1 atom stereocenters. The summed E-state index contributed by atoms with van der Waals surface area (Å²) in [7, 11) is 1.39. The first kappa shape index (κ1) is 23.5. The molecular weight excluding hydrogens is 440 g/mol. The van der Waals surface area contributed by atoms with E-state index >= 15 is 0 Å². The van der Waals surface area contributed by atoms with E-state index in [0.717, 1.165) is 53.3 Å². The number of nitrogens with one attached hydrogen (secondary N) is 1. The first-order valence-electron chi connectivity index (χ1n) is 12.5. The molecule has 1 saturated heterocycles. The van der Waals surface area contributed by atoms with Crippen LogP contribution in [0.15, 0.2) is 48.5 Å². The number of likely N-dealkylation sites (tertiary alicyclic amines) is 1. The molecule has 35 heavy (non-hydrogen) atoms. The van der Waals surface area contributed by atoms with E-state index < -0.39 is 6.10 Å². The fourth-order valence-corrected chi connectivity index (χ4v) is 5.07. The Bertz CT molecular complexity index is 1190. The van der Waals surface area contributed by atoms with Crippen LogP contribution >= 0.6 is 0 Å². The van der Waals surface area contributed by atoms with Crippen LogP contribution in [0.1, 0.15) is 64.8 Å². The van der Waals surface area contributed by atoms with Crippen LogP contribution in [0.2, 0.25) is 0 Å². The van der Waals surface area contributed by atoms with Crippen LogP contribution < -0.4 is 5.32 Å². The molecule has 2 heterocycles. The summed E-state index contributed by atoms with van der Waals surface area (Å²) in [5.41, 5.74) is 5.13. The Labute approximate surface area is 206 Å². The summed E-state index contributed by atoms with van der Waals surface area (Å²) in [5.74, 6) is 0.767. The molecule has 1 aromatic heterocycles. The number of aromatic nitrogens is 2. The number of anilines is 1. The normalized spacial score (nSPS) is 15.8. The Morgan fingerprint density at radius 3 is 2.69 bits per heavy atom. The number of aliphatic hydroxyl groups is 1. The quantitative estimate of drug-likeness (QED) is 0.293. The summed E-state index contributed by atoms with van der Waals surface area (Å²) < 4.78 is 4.90. The summed E-state index contributed by atoms with van der Waals surface area (Å²) in [6.45, 7) is 4.23. The van der Waals surface area contributed by atoms with Gasteiger partial charge in [0.25, 0.3) is 0 Å². The van der Waals surface area contributed by atoms with Gasteiger partial charge in [-0.1, -0.05) is 42.8 Å². The predicted molar refractivity (Wildman–Crippen MR) is 136 cm³/mol. The molecule has 2 aliphatic rings. The number of ether oxygens (including phenoxy) is 1. The number of carbonyl (C=O) groups excluding carboxylic acids is 1. The SMILES string of the molecule is COC(=O)c1ccc2c(c1)Cc1nc(C(O)c3ccccc3)nc(NCCCN3CCCCC3)c1-2. The summed E-state index contributed by atoms with van der Waals surface area (Å²) in [6, 6.07) is 15.1. The van der Waals surface area contributed by atoms with E-state index in [1.54, 1.807) is 6.07 Å². The Morgan fingerprint density at radius 2 is 1.91 bits per heavy atom. The van der Waals surface area contributed by atoms with E-state index in [1.807, 2.05) is 42.5 Å². The molecule has 2 N–H and O–H groups in total. The zero-order valence-corrected chi connectivity index (χ0v) is 20.2. The van der Waals surface area contributed by atoms with Gasteiger partial charge in [-0.3, -0.25) is 0 Å². The monoisotopic (exact) mass is 472 g/mol. The standard InChI is InChI=1S/C28H32N4O3/c1-35-28(34)20-11-12-22-21(17-20)18-23-24(22)26(29-13-8-16-32-14-6-3-7-15-32)31-27(30-23)25(33)19-9-4-2-5-10-19/h2,4-5,9-12,17,25,33H,3,6-8,13-16,18H2,1H3,(H,29,30,31). The fraction of sp³-hybridized carbons (Fsp3) is 0.393. The van der Waals surface area contributed by atoms with Crippen molar-refractivity contribution in [2.45, 2.75) is 38.2 Å². The maximum absolute atomic E-state index is 12.1. The minimum absolute atomic E-state index is 0.355. The van der Waals surface area contributed by atoms with E-state index in [2.05, 4.69) is 10.2 Å². The molecule has 2 aromatic carbocycles. The minimum atomic E-state index is -0.912. The lowest BCUT2D eigenvalue weighted by Crippen LogP contribution is -2.31. The molecule has 7 heteroatoms. The molecular formula is C28H32N4O3. The molecule has 1 unspecified atom stereocenters. The fourth-order valence-electron chi connectivity index (χ4n) is 5.07. The maximum Gasteiger partial charge on any atom is 0.337 e. The first-order chi connectivity index (χ1) is 17.1. The van der Waals surface area contributed by atoms with Gasteiger partial charge in [0.15, 0.2) is 5.82 Å². The third kappa shape index (κ3) is 5.06. The second-order valence-electron chi connectivity index (χ2n) is 9.29. The predicted octanol–water partition coefficient (Wildman–Crippen LogP) is 4.20. The Balaban J connectivity index is 1.42. The van der Waals surface area contributed by atoms with Gasteiger partial charge < -0.3 is 20.1 Å². The van der Waals surface area contributed by atoms with Crippen LogP contribution in [0.3, 0.4) is 0 Å². The molecule has 0 radical (unpaired) electrons. The third-order valence-electron chi connectivity index (χ3n) is 6.91. The maximum atomic E-state index is 12.1. The van der Waals surface area contributed by atoms with E-state index in [9.17, 15) is 9.90 Å². The van der Waals surface area contributed by atoms with Crippen molar-refractivity contribution < 1.29 is 14.6 Å². The van der Waals surface area contributed by atoms with Crippen molar-refractivity contribution in [1.29, 1.82) is 0 Å². The molecule has 0 amide bonds. The Kier molecular flexibility index (Phi) is 7.06. The number of hydrogen-bond acceptors (Lipinski definition) is 7. The van der Waals surface area contributed by atoms with Gasteiger partial charge in [0.1, 0.15) is 11.9 Å². The number of fused-ring (bicyclic) bond motifs is 3. The van der Waals surface area contributed by atoms with Crippen LogP contribution in [-0.4, -0.2) is 59.2 Å². The lowest BCUT2D eigenvalue weighted by molar-refractivity contribution is 0.0600. The van der Waals surface area contributed by atoms with Gasteiger partial charge in [-0.15, -0.1) is 0 Å². The van der Waals surface area contributed by atoms with Gasteiger partial charge in [0.05, 0.1) is 18.4 Å². The number of aliphatic hydroxyl groups excluding tert-OH is 1. The van der Waals surface area contributed by atoms with Gasteiger partial charge >= 0.3 is 5.97 Å². The summed E-state index contributed by atoms with van der Waals surface area (Å²) >= 11 is 0. The van der Waals surface area contributed by atoms with Gasteiger partial charge in [0.2, 0.25) is 0 Å². The lowest BCUT2D eigenvalue weighted by atomic mass is 10.0. The second-order valence-corrected chi connectivity index (χ2v) is 9.29. The Hall–Kier alpha value is -3.29. The molecule has 3 aromatic rings. The average Bonchev–Trinajstić information content (AvgIpc) is 3.29. The summed E-state index contributed by atoms with van der Waals surface area (Å²) in [4.78, 5) is 24.2. The number of rotatable bonds is 8. The summed E-state index contributed by atoms with van der Waals surface area (Å²) in [6.07, 6.45) is 4.60. The number of methoxy groups -OCH3 is 1. The average molecular weight is 473 g/mol. The number of nitrogens with zero attached hydrogens (tertiary/aromatic N) is 3. The van der Waals surface area contributed by atoms with Crippen LogP contribution in [0.4, 0.5) is 5.82 Å². The van der Waals surface area contributed by atoms with Crippen molar-refractivity contribution in [2.75, 3.05) is 38.6 Å². The highest BCUT2D eigenvalue weighted by Gasteiger charge is 2.28. The summed E-state index contributed by atoms with van der Waals surface area (Å²) in [5, 5.41) is 14.6. The first-order valence-corrected chi connectivity index (χ1v) is 12.5. The van der Waals surface area contributed by atoms with Gasteiger partial charge in [-0.2, -0.15) is 0 Å².